The quantitative estimate of drug-likeness (QED) is 0.573. The van der Waals surface area contributed by atoms with Gasteiger partial charge in [-0.1, -0.05) is 56.4 Å². The second-order valence-electron chi connectivity index (χ2n) is 6.08. The lowest BCUT2D eigenvalue weighted by Crippen LogP contribution is -2.31. The Kier molecular flexibility index (Phi) is 5.65. The molecule has 1 aliphatic rings. The van der Waals surface area contributed by atoms with E-state index in [1.807, 2.05) is 0 Å². The van der Waals surface area contributed by atoms with E-state index in [4.69, 9.17) is 17.3 Å². The summed E-state index contributed by atoms with van der Waals surface area (Å²) >= 11 is 0. The van der Waals surface area contributed by atoms with Crippen LogP contribution in [0.25, 0.3) is 5.70 Å². The molecule has 116 valence electrons. The van der Waals surface area contributed by atoms with Gasteiger partial charge in [0.25, 0.3) is 0 Å². The fraction of sp³-hybridized carbons (Fsp3) is 0.529. The Labute approximate surface area is 127 Å². The lowest BCUT2D eigenvalue weighted by atomic mass is 9.85. The van der Waals surface area contributed by atoms with Gasteiger partial charge in [0, 0.05) is 13.6 Å². The molecule has 1 saturated carbocycles. The lowest BCUT2D eigenvalue weighted by molar-refractivity contribution is 0.356. The van der Waals surface area contributed by atoms with Gasteiger partial charge in [-0.15, -0.1) is 0 Å². The maximum atomic E-state index is 6.16. The molecular formula is C17H28N4. The summed E-state index contributed by atoms with van der Waals surface area (Å²) in [6.07, 6.45) is 8.12. The molecule has 4 heteroatoms. The standard InChI is InChI=1S/C17H28N4/c1-21(20)16(12-18)17(19)15-9-7-14(8-10-15)11-13-5-3-2-4-6-13/h7-10,13H,2-6,11-12,18-20H2,1H3/b17-16-. The molecule has 0 aromatic heterocycles. The summed E-state index contributed by atoms with van der Waals surface area (Å²) in [5.74, 6) is 6.61. The molecule has 0 saturated heterocycles. The largest absolute Gasteiger partial charge is 0.397 e. The van der Waals surface area contributed by atoms with Crippen LogP contribution in [-0.4, -0.2) is 18.6 Å². The van der Waals surface area contributed by atoms with Crippen molar-refractivity contribution in [2.75, 3.05) is 13.6 Å². The van der Waals surface area contributed by atoms with Crippen molar-refractivity contribution in [3.63, 3.8) is 0 Å². The first-order chi connectivity index (χ1) is 10.1. The normalized spacial score (nSPS) is 17.5. The van der Waals surface area contributed by atoms with E-state index >= 15 is 0 Å². The van der Waals surface area contributed by atoms with Gasteiger partial charge in [0.1, 0.15) is 0 Å². The third-order valence-corrected chi connectivity index (χ3v) is 4.44. The second kappa shape index (κ2) is 7.48. The van der Waals surface area contributed by atoms with Crippen LogP contribution in [0.3, 0.4) is 0 Å². The van der Waals surface area contributed by atoms with Crippen LogP contribution in [0.15, 0.2) is 30.0 Å². The zero-order valence-electron chi connectivity index (χ0n) is 13.0. The predicted octanol–water partition coefficient (Wildman–Crippen LogP) is 2.20. The van der Waals surface area contributed by atoms with Crippen molar-refractivity contribution >= 4 is 5.70 Å². The van der Waals surface area contributed by atoms with Gasteiger partial charge in [-0.2, -0.15) is 0 Å². The van der Waals surface area contributed by atoms with Gasteiger partial charge in [-0.3, -0.25) is 0 Å². The topological polar surface area (TPSA) is 81.3 Å². The van der Waals surface area contributed by atoms with Crippen molar-refractivity contribution in [3.05, 3.63) is 41.1 Å². The minimum Gasteiger partial charge on any atom is -0.397 e. The Morgan fingerprint density at radius 3 is 2.29 bits per heavy atom. The maximum absolute atomic E-state index is 6.16. The number of rotatable bonds is 5. The van der Waals surface area contributed by atoms with Crippen LogP contribution in [0.1, 0.15) is 43.2 Å². The molecule has 0 aliphatic heterocycles. The molecule has 6 N–H and O–H groups in total. The minimum absolute atomic E-state index is 0.336. The smallest absolute Gasteiger partial charge is 0.0659 e. The summed E-state index contributed by atoms with van der Waals surface area (Å²) in [7, 11) is 1.76. The first-order valence-corrected chi connectivity index (χ1v) is 7.88. The van der Waals surface area contributed by atoms with E-state index in [2.05, 4.69) is 24.3 Å². The van der Waals surface area contributed by atoms with E-state index < -0.39 is 0 Å². The molecule has 2 rings (SSSR count). The Hall–Kier alpha value is -1.52. The lowest BCUT2D eigenvalue weighted by Gasteiger charge is -2.22. The molecule has 4 nitrogen and oxygen atoms in total. The number of nitrogens with zero attached hydrogens (tertiary/aromatic N) is 1. The average Bonchev–Trinajstić information content (AvgIpc) is 2.49. The highest BCUT2D eigenvalue weighted by atomic mass is 15.4. The number of nitrogens with two attached hydrogens (primary N) is 3. The van der Waals surface area contributed by atoms with Crippen LogP contribution in [0.4, 0.5) is 0 Å². The van der Waals surface area contributed by atoms with Crippen molar-refractivity contribution in [1.29, 1.82) is 0 Å². The van der Waals surface area contributed by atoms with Crippen molar-refractivity contribution in [2.24, 2.45) is 23.2 Å². The van der Waals surface area contributed by atoms with Crippen LogP contribution < -0.4 is 17.3 Å². The van der Waals surface area contributed by atoms with Gasteiger partial charge in [0.2, 0.25) is 0 Å². The maximum Gasteiger partial charge on any atom is 0.0659 e. The predicted molar refractivity (Wildman–Crippen MR) is 88.8 cm³/mol. The summed E-state index contributed by atoms with van der Waals surface area (Å²) in [6, 6.07) is 8.52. The van der Waals surface area contributed by atoms with Crippen LogP contribution in [0, 0.1) is 5.92 Å². The Morgan fingerprint density at radius 2 is 1.76 bits per heavy atom. The SMILES string of the molecule is CN(N)/C(CN)=C(\N)c1ccc(CC2CCCCC2)cc1. The van der Waals surface area contributed by atoms with Crippen LogP contribution in [0.2, 0.25) is 0 Å². The third kappa shape index (κ3) is 4.22. The fourth-order valence-corrected chi connectivity index (χ4v) is 3.16. The molecule has 1 aromatic rings. The molecule has 0 amide bonds. The molecule has 0 bridgehead atoms. The molecule has 0 unspecified atom stereocenters. The van der Waals surface area contributed by atoms with Gasteiger partial charge in [-0.05, 0) is 23.5 Å². The second-order valence-corrected chi connectivity index (χ2v) is 6.08. The van der Waals surface area contributed by atoms with Gasteiger partial charge >= 0.3 is 0 Å². The van der Waals surface area contributed by atoms with Gasteiger partial charge in [0.15, 0.2) is 0 Å². The van der Waals surface area contributed by atoms with Crippen molar-refractivity contribution in [3.8, 4) is 0 Å². The highest BCUT2D eigenvalue weighted by Gasteiger charge is 2.14. The van der Waals surface area contributed by atoms with Crippen LogP contribution >= 0.6 is 0 Å². The van der Waals surface area contributed by atoms with Crippen molar-refractivity contribution in [2.45, 2.75) is 38.5 Å². The van der Waals surface area contributed by atoms with E-state index in [0.29, 0.717) is 12.2 Å². The molecule has 0 atom stereocenters. The zero-order valence-corrected chi connectivity index (χ0v) is 13.0. The highest BCUT2D eigenvalue weighted by Crippen LogP contribution is 2.27. The molecule has 0 spiro atoms. The number of benzene rings is 1. The monoisotopic (exact) mass is 288 g/mol. The van der Waals surface area contributed by atoms with Gasteiger partial charge < -0.3 is 16.5 Å². The van der Waals surface area contributed by atoms with Crippen molar-refractivity contribution in [1.82, 2.24) is 5.01 Å². The Balaban J connectivity index is 2.07. The Bertz CT molecular complexity index is 470. The van der Waals surface area contributed by atoms with E-state index in [1.54, 1.807) is 7.05 Å². The molecule has 1 aliphatic carbocycles. The first-order valence-electron chi connectivity index (χ1n) is 7.88. The van der Waals surface area contributed by atoms with Crippen LogP contribution in [-0.2, 0) is 6.42 Å². The molecule has 21 heavy (non-hydrogen) atoms. The summed E-state index contributed by atoms with van der Waals surface area (Å²) in [6.45, 7) is 0.336. The Morgan fingerprint density at radius 1 is 1.14 bits per heavy atom. The summed E-state index contributed by atoms with van der Waals surface area (Å²) in [5, 5.41) is 1.49. The summed E-state index contributed by atoms with van der Waals surface area (Å²) < 4.78 is 0. The molecule has 1 fully saturated rings. The van der Waals surface area contributed by atoms with E-state index in [1.165, 1.54) is 49.1 Å². The highest BCUT2D eigenvalue weighted by molar-refractivity contribution is 5.65. The third-order valence-electron chi connectivity index (χ3n) is 4.44. The van der Waals surface area contributed by atoms with E-state index in [9.17, 15) is 0 Å². The number of hydrogen-bond donors (Lipinski definition) is 3. The first kappa shape index (κ1) is 15.9. The molecule has 1 aromatic carbocycles. The minimum atomic E-state index is 0.336. The summed E-state index contributed by atoms with van der Waals surface area (Å²) in [4.78, 5) is 0. The van der Waals surface area contributed by atoms with Crippen molar-refractivity contribution < 1.29 is 0 Å². The van der Waals surface area contributed by atoms with Crippen LogP contribution in [0.5, 0.6) is 0 Å². The summed E-state index contributed by atoms with van der Waals surface area (Å²) in [5.41, 5.74) is 15.7. The molecular weight excluding hydrogens is 260 g/mol. The number of likely N-dealkylation sites (N-methyl/N-ethyl adjacent to an activating group) is 1. The number of hydrazine groups is 1. The fourth-order valence-electron chi connectivity index (χ4n) is 3.16. The number of hydrogen-bond acceptors (Lipinski definition) is 4. The zero-order chi connectivity index (χ0) is 15.2. The molecule has 0 radical (unpaired) electrons. The van der Waals surface area contributed by atoms with E-state index in [0.717, 1.165) is 17.2 Å². The van der Waals surface area contributed by atoms with Gasteiger partial charge in [-0.25, -0.2) is 5.84 Å². The van der Waals surface area contributed by atoms with Gasteiger partial charge in [0.05, 0.1) is 11.4 Å². The average molecular weight is 288 g/mol. The molecule has 0 heterocycles. The van der Waals surface area contributed by atoms with E-state index in [-0.39, 0.29) is 0 Å².